The molecule has 0 aliphatic rings. The normalized spacial score (nSPS) is 15.8. The summed E-state index contributed by atoms with van der Waals surface area (Å²) in [6, 6.07) is 7.42. The smallest absolute Gasteiger partial charge is 0.385 e. The Morgan fingerprint density at radius 1 is 0.931 bits per heavy atom. The van der Waals surface area contributed by atoms with Crippen LogP contribution in [-0.2, 0) is 29.3 Å². The van der Waals surface area contributed by atoms with E-state index in [4.69, 9.17) is 22.1 Å². The van der Waals surface area contributed by atoms with Crippen LogP contribution in [0.25, 0.3) is 0 Å². The highest BCUT2D eigenvalue weighted by Gasteiger charge is 2.37. The van der Waals surface area contributed by atoms with Crippen LogP contribution in [0.5, 0.6) is 0 Å². The Labute approximate surface area is 168 Å². The SMILES string of the molecule is CC(O)(CC(N)OCc1cc(C(F)(F)F)cc(C(F)(F)F)c1)c1ccc(Cl)cc1. The zero-order valence-corrected chi connectivity index (χ0v) is 15.9. The molecular formula is C19H18ClF6NO2. The van der Waals surface area contributed by atoms with Gasteiger partial charge in [-0.1, -0.05) is 23.7 Å². The number of benzene rings is 2. The van der Waals surface area contributed by atoms with E-state index in [2.05, 4.69) is 0 Å². The van der Waals surface area contributed by atoms with Gasteiger partial charge in [-0.15, -0.1) is 0 Å². The summed E-state index contributed by atoms with van der Waals surface area (Å²) in [4.78, 5) is 0. The topological polar surface area (TPSA) is 55.5 Å². The molecule has 29 heavy (non-hydrogen) atoms. The second-order valence-electron chi connectivity index (χ2n) is 6.75. The van der Waals surface area contributed by atoms with Crippen LogP contribution >= 0.6 is 11.6 Å². The van der Waals surface area contributed by atoms with Gasteiger partial charge in [0.25, 0.3) is 0 Å². The monoisotopic (exact) mass is 441 g/mol. The Morgan fingerprint density at radius 3 is 1.86 bits per heavy atom. The molecule has 10 heteroatoms. The van der Waals surface area contributed by atoms with Crippen molar-refractivity contribution in [1.29, 1.82) is 0 Å². The van der Waals surface area contributed by atoms with Crippen LogP contribution in [0.4, 0.5) is 26.3 Å². The average Bonchev–Trinajstić information content (AvgIpc) is 2.58. The number of halogens is 7. The standard InChI is InChI=1S/C19H18ClF6NO2/c1-17(28,12-2-4-15(20)5-3-12)9-16(27)29-10-11-6-13(18(21,22)23)8-14(7-11)19(24,25)26/h2-8,16,28H,9-10,27H2,1H3. The maximum Gasteiger partial charge on any atom is 0.416 e. The summed E-state index contributed by atoms with van der Waals surface area (Å²) in [7, 11) is 0. The molecule has 0 saturated carbocycles. The molecule has 0 fully saturated rings. The number of ether oxygens (including phenoxy) is 1. The fraction of sp³-hybridized carbons (Fsp3) is 0.368. The van der Waals surface area contributed by atoms with Gasteiger partial charge in [0.1, 0.15) is 6.23 Å². The molecule has 2 atom stereocenters. The van der Waals surface area contributed by atoms with Gasteiger partial charge in [-0.3, -0.25) is 0 Å². The van der Waals surface area contributed by atoms with Crippen LogP contribution in [0.3, 0.4) is 0 Å². The number of hydrogen-bond acceptors (Lipinski definition) is 3. The van der Waals surface area contributed by atoms with E-state index in [-0.39, 0.29) is 18.1 Å². The van der Waals surface area contributed by atoms with Crippen LogP contribution in [0, 0.1) is 0 Å². The van der Waals surface area contributed by atoms with Crippen LogP contribution in [0.15, 0.2) is 42.5 Å². The van der Waals surface area contributed by atoms with Gasteiger partial charge in [-0.05, 0) is 48.4 Å². The summed E-state index contributed by atoms with van der Waals surface area (Å²) in [5.74, 6) is 0. The van der Waals surface area contributed by atoms with E-state index in [9.17, 15) is 31.4 Å². The largest absolute Gasteiger partial charge is 0.416 e. The molecule has 0 heterocycles. The lowest BCUT2D eigenvalue weighted by Crippen LogP contribution is -2.34. The molecule has 2 unspecified atom stereocenters. The predicted octanol–water partition coefficient (Wildman–Crippen LogP) is 5.48. The molecule has 2 aromatic rings. The lowest BCUT2D eigenvalue weighted by Gasteiger charge is -2.27. The number of rotatable bonds is 6. The Balaban J connectivity index is 2.13. The summed E-state index contributed by atoms with van der Waals surface area (Å²) in [5, 5.41) is 11.0. The second-order valence-corrected chi connectivity index (χ2v) is 7.18. The molecule has 3 nitrogen and oxygen atoms in total. The minimum atomic E-state index is -4.95. The molecule has 160 valence electrons. The molecule has 2 rings (SSSR count). The van der Waals surface area contributed by atoms with Crippen molar-refractivity contribution in [3.63, 3.8) is 0 Å². The average molecular weight is 442 g/mol. The Morgan fingerprint density at radius 2 is 1.41 bits per heavy atom. The molecule has 3 N–H and O–H groups in total. The molecule has 0 aromatic heterocycles. The Hall–Kier alpha value is -1.81. The minimum Gasteiger partial charge on any atom is -0.385 e. The summed E-state index contributed by atoms with van der Waals surface area (Å²) in [6.07, 6.45) is -11.2. The van der Waals surface area contributed by atoms with E-state index < -0.39 is 41.9 Å². The lowest BCUT2D eigenvalue weighted by atomic mass is 9.92. The fourth-order valence-electron chi connectivity index (χ4n) is 2.68. The first-order valence-corrected chi connectivity index (χ1v) is 8.70. The van der Waals surface area contributed by atoms with Crippen LogP contribution in [0.2, 0.25) is 5.02 Å². The zero-order valence-electron chi connectivity index (χ0n) is 15.1. The molecule has 0 radical (unpaired) electrons. The Kier molecular flexibility index (Phi) is 6.89. The molecule has 0 aliphatic carbocycles. The minimum absolute atomic E-state index is 0.0365. The van der Waals surface area contributed by atoms with Gasteiger partial charge in [-0.25, -0.2) is 0 Å². The van der Waals surface area contributed by atoms with Gasteiger partial charge < -0.3 is 15.6 Å². The van der Waals surface area contributed by atoms with Gasteiger partial charge in [0, 0.05) is 11.4 Å². The van der Waals surface area contributed by atoms with Crippen molar-refractivity contribution in [3.05, 3.63) is 69.7 Å². The molecule has 2 aromatic carbocycles. The first-order chi connectivity index (χ1) is 13.2. The van der Waals surface area contributed by atoms with Crippen molar-refractivity contribution in [2.75, 3.05) is 0 Å². The van der Waals surface area contributed by atoms with E-state index in [0.29, 0.717) is 22.7 Å². The molecule has 0 amide bonds. The summed E-state index contributed by atoms with van der Waals surface area (Å²) < 4.78 is 82.6. The summed E-state index contributed by atoms with van der Waals surface area (Å²) >= 11 is 5.78. The van der Waals surface area contributed by atoms with Crippen molar-refractivity contribution in [2.24, 2.45) is 5.73 Å². The highest BCUT2D eigenvalue weighted by molar-refractivity contribution is 6.30. The molecule has 0 saturated heterocycles. The molecule has 0 spiro atoms. The van der Waals surface area contributed by atoms with Crippen LogP contribution in [-0.4, -0.2) is 11.3 Å². The quantitative estimate of drug-likeness (QED) is 0.461. The second kappa shape index (κ2) is 8.51. The molecular weight excluding hydrogens is 424 g/mol. The van der Waals surface area contributed by atoms with Gasteiger partial charge >= 0.3 is 12.4 Å². The van der Waals surface area contributed by atoms with Gasteiger partial charge in [-0.2, -0.15) is 26.3 Å². The van der Waals surface area contributed by atoms with Crippen LogP contribution in [0.1, 0.15) is 35.6 Å². The predicted molar refractivity (Wildman–Crippen MR) is 94.9 cm³/mol. The highest BCUT2D eigenvalue weighted by atomic mass is 35.5. The fourth-order valence-corrected chi connectivity index (χ4v) is 2.81. The van der Waals surface area contributed by atoms with Gasteiger partial charge in [0.2, 0.25) is 0 Å². The summed E-state index contributed by atoms with van der Waals surface area (Å²) in [6.45, 7) is 0.857. The van der Waals surface area contributed by atoms with Crippen LogP contribution < -0.4 is 5.73 Å². The van der Waals surface area contributed by atoms with Crippen molar-refractivity contribution >= 4 is 11.6 Å². The van der Waals surface area contributed by atoms with Gasteiger partial charge in [0.15, 0.2) is 0 Å². The van der Waals surface area contributed by atoms with Gasteiger partial charge in [0.05, 0.1) is 23.3 Å². The van der Waals surface area contributed by atoms with E-state index >= 15 is 0 Å². The van der Waals surface area contributed by atoms with E-state index in [1.165, 1.54) is 6.92 Å². The maximum atomic E-state index is 12.9. The van der Waals surface area contributed by atoms with E-state index in [1.54, 1.807) is 24.3 Å². The third-order valence-corrected chi connectivity index (χ3v) is 4.43. The Bertz CT molecular complexity index is 802. The molecule has 0 aliphatic heterocycles. The number of aliphatic hydroxyl groups is 1. The maximum absolute atomic E-state index is 12.9. The van der Waals surface area contributed by atoms with E-state index in [0.717, 1.165) is 0 Å². The first-order valence-electron chi connectivity index (χ1n) is 8.32. The van der Waals surface area contributed by atoms with Crippen molar-refractivity contribution in [1.82, 2.24) is 0 Å². The van der Waals surface area contributed by atoms with E-state index in [1.807, 2.05) is 0 Å². The van der Waals surface area contributed by atoms with Crippen molar-refractivity contribution in [3.8, 4) is 0 Å². The lowest BCUT2D eigenvalue weighted by molar-refractivity contribution is -0.143. The molecule has 0 bridgehead atoms. The third-order valence-electron chi connectivity index (χ3n) is 4.18. The zero-order chi connectivity index (χ0) is 22.0. The first kappa shape index (κ1) is 23.5. The number of alkyl halides is 6. The number of nitrogens with two attached hydrogens (primary N) is 1. The number of hydrogen-bond donors (Lipinski definition) is 2. The highest BCUT2D eigenvalue weighted by Crippen LogP contribution is 2.36. The van der Waals surface area contributed by atoms with Crippen molar-refractivity contribution < 1.29 is 36.2 Å². The summed E-state index contributed by atoms with van der Waals surface area (Å²) in [5.41, 5.74) is 1.58. The third kappa shape index (κ3) is 6.60. The van der Waals surface area contributed by atoms with Crippen molar-refractivity contribution in [2.45, 2.75) is 44.1 Å².